The van der Waals surface area contributed by atoms with Gasteiger partial charge in [0.15, 0.2) is 0 Å². The molecule has 0 fully saturated rings. The molecule has 1 aromatic heterocycles. The van der Waals surface area contributed by atoms with E-state index < -0.39 is 17.5 Å². The Balaban J connectivity index is 2.04. The smallest absolute Gasteiger partial charge is 0.249 e. The molecule has 0 bridgehead atoms. The SMILES string of the molecule is CCc1c[c]c2c3c(C(N)=O)cccc3n(Cc3ccc(F)cc3F)c2c1. The molecule has 5 heteroatoms. The highest BCUT2D eigenvalue weighted by Gasteiger charge is 2.18. The van der Waals surface area contributed by atoms with Gasteiger partial charge in [-0.3, -0.25) is 4.79 Å². The maximum Gasteiger partial charge on any atom is 0.249 e. The van der Waals surface area contributed by atoms with Crippen molar-refractivity contribution in [2.24, 2.45) is 5.73 Å². The fraction of sp³-hybridized carbons (Fsp3) is 0.136. The maximum atomic E-state index is 14.3. The van der Waals surface area contributed by atoms with Crippen molar-refractivity contribution in [1.82, 2.24) is 4.57 Å². The Bertz CT molecular complexity index is 1190. The fourth-order valence-corrected chi connectivity index (χ4v) is 3.50. The first kappa shape index (κ1) is 17.2. The quantitative estimate of drug-likeness (QED) is 0.567. The molecule has 1 amide bonds. The van der Waals surface area contributed by atoms with Crippen molar-refractivity contribution in [1.29, 1.82) is 0 Å². The van der Waals surface area contributed by atoms with E-state index in [1.165, 1.54) is 12.1 Å². The molecule has 0 spiro atoms. The summed E-state index contributed by atoms with van der Waals surface area (Å²) in [6.45, 7) is 2.24. The molecule has 4 aromatic rings. The molecule has 0 aliphatic rings. The minimum Gasteiger partial charge on any atom is -0.366 e. The van der Waals surface area contributed by atoms with E-state index in [0.29, 0.717) is 16.5 Å². The van der Waals surface area contributed by atoms with Gasteiger partial charge in [0.25, 0.3) is 0 Å². The largest absolute Gasteiger partial charge is 0.366 e. The average molecular weight is 363 g/mol. The summed E-state index contributed by atoms with van der Waals surface area (Å²) in [4.78, 5) is 11.9. The van der Waals surface area contributed by atoms with Crippen molar-refractivity contribution in [3.63, 3.8) is 0 Å². The van der Waals surface area contributed by atoms with Gasteiger partial charge >= 0.3 is 0 Å². The molecule has 1 radical (unpaired) electrons. The van der Waals surface area contributed by atoms with Crippen LogP contribution in [0.4, 0.5) is 8.78 Å². The van der Waals surface area contributed by atoms with E-state index in [2.05, 4.69) is 6.07 Å². The Labute approximate surface area is 155 Å². The van der Waals surface area contributed by atoms with Crippen LogP contribution in [0.1, 0.15) is 28.4 Å². The summed E-state index contributed by atoms with van der Waals surface area (Å²) in [6, 6.07) is 16.0. The van der Waals surface area contributed by atoms with Crippen LogP contribution in [0.15, 0.2) is 48.5 Å². The second kappa shape index (κ2) is 6.50. The van der Waals surface area contributed by atoms with Crippen molar-refractivity contribution in [3.05, 3.63) is 82.9 Å². The Morgan fingerprint density at radius 3 is 2.67 bits per heavy atom. The fourth-order valence-electron chi connectivity index (χ4n) is 3.50. The number of hydrogen-bond donors (Lipinski definition) is 1. The van der Waals surface area contributed by atoms with E-state index in [4.69, 9.17) is 5.73 Å². The second-order valence-corrected chi connectivity index (χ2v) is 6.51. The number of fused-ring (bicyclic) bond motifs is 3. The van der Waals surface area contributed by atoms with Crippen LogP contribution in [0.5, 0.6) is 0 Å². The predicted molar refractivity (Wildman–Crippen MR) is 102 cm³/mol. The molecular formula is C22H17F2N2O. The number of halogens is 2. The number of aryl methyl sites for hydroxylation is 1. The standard InChI is InChI=1S/C22H17F2N2O/c1-2-13-6-9-16-20(10-13)26(12-14-7-8-15(23)11-18(14)24)19-5-3-4-17(21(16)19)22(25)27/h3-8,10-11H,2,12H2,1H3,(H2,25,27). The zero-order valence-corrected chi connectivity index (χ0v) is 14.7. The summed E-state index contributed by atoms with van der Waals surface area (Å²) in [7, 11) is 0. The molecule has 0 aliphatic heterocycles. The molecule has 0 saturated heterocycles. The third-order valence-electron chi connectivity index (χ3n) is 4.87. The molecule has 3 nitrogen and oxygen atoms in total. The molecule has 3 aromatic carbocycles. The number of nitrogens with zero attached hydrogens (tertiary/aromatic N) is 1. The van der Waals surface area contributed by atoms with Crippen molar-refractivity contribution < 1.29 is 13.6 Å². The monoisotopic (exact) mass is 363 g/mol. The molecule has 27 heavy (non-hydrogen) atoms. The first-order chi connectivity index (χ1) is 13.0. The van der Waals surface area contributed by atoms with Gasteiger partial charge in [0.05, 0.1) is 17.6 Å². The first-order valence-corrected chi connectivity index (χ1v) is 8.69. The normalized spacial score (nSPS) is 11.4. The number of rotatable bonds is 4. The van der Waals surface area contributed by atoms with Gasteiger partial charge in [0, 0.05) is 28.0 Å². The van der Waals surface area contributed by atoms with Crippen LogP contribution in [0, 0.1) is 17.7 Å². The molecule has 1 heterocycles. The van der Waals surface area contributed by atoms with E-state index >= 15 is 0 Å². The highest BCUT2D eigenvalue weighted by Crippen LogP contribution is 2.33. The zero-order chi connectivity index (χ0) is 19.1. The second-order valence-electron chi connectivity index (χ2n) is 6.51. The third-order valence-corrected chi connectivity index (χ3v) is 4.87. The zero-order valence-electron chi connectivity index (χ0n) is 14.7. The third kappa shape index (κ3) is 2.85. The van der Waals surface area contributed by atoms with E-state index in [0.717, 1.165) is 34.5 Å². The minimum atomic E-state index is -0.615. The Morgan fingerprint density at radius 2 is 1.96 bits per heavy atom. The van der Waals surface area contributed by atoms with Gasteiger partial charge in [0.2, 0.25) is 5.91 Å². The van der Waals surface area contributed by atoms with Gasteiger partial charge in [-0.1, -0.05) is 25.1 Å². The van der Waals surface area contributed by atoms with Crippen LogP contribution in [-0.4, -0.2) is 10.5 Å². The number of carbonyl (C=O) groups is 1. The lowest BCUT2D eigenvalue weighted by Crippen LogP contribution is -2.11. The summed E-state index contributed by atoms with van der Waals surface area (Å²) >= 11 is 0. The number of benzene rings is 3. The van der Waals surface area contributed by atoms with Gasteiger partial charge in [-0.25, -0.2) is 8.78 Å². The Kier molecular flexibility index (Phi) is 4.15. The van der Waals surface area contributed by atoms with Gasteiger partial charge in [0.1, 0.15) is 11.6 Å². The van der Waals surface area contributed by atoms with Crippen molar-refractivity contribution in [2.45, 2.75) is 19.9 Å². The molecular weight excluding hydrogens is 346 g/mol. The van der Waals surface area contributed by atoms with Crippen LogP contribution in [0.2, 0.25) is 0 Å². The minimum absolute atomic E-state index is 0.204. The number of carbonyl (C=O) groups excluding carboxylic acids is 1. The van der Waals surface area contributed by atoms with Crippen LogP contribution < -0.4 is 5.73 Å². The van der Waals surface area contributed by atoms with Crippen LogP contribution in [0.25, 0.3) is 21.8 Å². The number of amides is 1. The van der Waals surface area contributed by atoms with Crippen molar-refractivity contribution >= 4 is 27.7 Å². The molecule has 4 rings (SSSR count). The summed E-state index contributed by atoms with van der Waals surface area (Å²) in [5.41, 5.74) is 9.00. The lowest BCUT2D eigenvalue weighted by molar-refractivity contribution is 0.100. The Morgan fingerprint density at radius 1 is 1.15 bits per heavy atom. The molecule has 0 atom stereocenters. The van der Waals surface area contributed by atoms with Crippen molar-refractivity contribution in [2.75, 3.05) is 0 Å². The number of primary amides is 1. The number of nitrogens with two attached hydrogens (primary N) is 1. The number of aromatic nitrogens is 1. The average Bonchev–Trinajstić information content (AvgIpc) is 2.97. The van der Waals surface area contributed by atoms with Gasteiger partial charge in [-0.05, 0) is 42.3 Å². The number of hydrogen-bond acceptors (Lipinski definition) is 1. The summed E-state index contributed by atoms with van der Waals surface area (Å²) < 4.78 is 29.4. The van der Waals surface area contributed by atoms with E-state index in [9.17, 15) is 13.6 Å². The van der Waals surface area contributed by atoms with Gasteiger partial charge in [-0.2, -0.15) is 0 Å². The van der Waals surface area contributed by atoms with Gasteiger partial charge < -0.3 is 10.3 Å². The van der Waals surface area contributed by atoms with Gasteiger partial charge in [-0.15, -0.1) is 0 Å². The van der Waals surface area contributed by atoms with Crippen LogP contribution >= 0.6 is 0 Å². The summed E-state index contributed by atoms with van der Waals surface area (Å²) in [6.07, 6.45) is 0.821. The molecule has 2 N–H and O–H groups in total. The van der Waals surface area contributed by atoms with Crippen LogP contribution in [-0.2, 0) is 13.0 Å². The first-order valence-electron chi connectivity index (χ1n) is 8.69. The predicted octanol–water partition coefficient (Wildman–Crippen LogP) is 4.58. The topological polar surface area (TPSA) is 48.0 Å². The van der Waals surface area contributed by atoms with E-state index in [1.807, 2.05) is 29.7 Å². The Hall–Kier alpha value is -3.21. The molecule has 135 valence electrons. The molecule has 0 saturated carbocycles. The van der Waals surface area contributed by atoms with Crippen LogP contribution in [0.3, 0.4) is 0 Å². The van der Waals surface area contributed by atoms with E-state index in [-0.39, 0.29) is 6.54 Å². The van der Waals surface area contributed by atoms with E-state index in [1.54, 1.807) is 12.1 Å². The lowest BCUT2D eigenvalue weighted by Gasteiger charge is -2.10. The molecule has 0 unspecified atom stereocenters. The van der Waals surface area contributed by atoms with Crippen molar-refractivity contribution in [3.8, 4) is 0 Å². The lowest BCUT2D eigenvalue weighted by atomic mass is 10.0. The maximum absolute atomic E-state index is 14.3. The highest BCUT2D eigenvalue weighted by atomic mass is 19.1. The summed E-state index contributed by atoms with van der Waals surface area (Å²) in [5, 5.41) is 1.46. The summed E-state index contributed by atoms with van der Waals surface area (Å²) in [5.74, 6) is -1.75. The molecule has 0 aliphatic carbocycles. The highest BCUT2D eigenvalue weighted by molar-refractivity contribution is 6.17.